The SMILES string of the molecule is C[C@@H]1CNCCN1Cc1cc(-c2ccco2)on1.Cl. The van der Waals surface area contributed by atoms with Crippen LogP contribution >= 0.6 is 12.4 Å². The molecule has 5 nitrogen and oxygen atoms in total. The Morgan fingerprint density at radius 3 is 3.11 bits per heavy atom. The first-order valence-corrected chi connectivity index (χ1v) is 6.27. The molecule has 104 valence electrons. The molecule has 1 saturated heterocycles. The van der Waals surface area contributed by atoms with Gasteiger partial charge in [0, 0.05) is 38.3 Å². The van der Waals surface area contributed by atoms with Gasteiger partial charge in [0.1, 0.15) is 0 Å². The molecule has 2 aromatic heterocycles. The van der Waals surface area contributed by atoms with Gasteiger partial charge in [-0.1, -0.05) is 5.16 Å². The standard InChI is InChI=1S/C13H17N3O2.ClH/c1-10-8-14-4-5-16(10)9-11-7-13(18-15-11)12-3-2-6-17-12;/h2-3,6-7,10,14H,4-5,8-9H2,1H3;1H/t10-;/m1./s1. The average Bonchev–Trinajstić information content (AvgIpc) is 3.02. The van der Waals surface area contributed by atoms with Crippen LogP contribution in [0.3, 0.4) is 0 Å². The normalized spacial score (nSPS) is 20.2. The van der Waals surface area contributed by atoms with E-state index in [0.717, 1.165) is 37.6 Å². The second-order valence-corrected chi connectivity index (χ2v) is 4.68. The molecule has 1 fully saturated rings. The highest BCUT2D eigenvalue weighted by molar-refractivity contribution is 5.85. The predicted molar refractivity (Wildman–Crippen MR) is 74.2 cm³/mol. The molecular weight excluding hydrogens is 266 g/mol. The fourth-order valence-corrected chi connectivity index (χ4v) is 2.25. The number of halogens is 1. The van der Waals surface area contributed by atoms with Crippen molar-refractivity contribution in [3.63, 3.8) is 0 Å². The monoisotopic (exact) mass is 283 g/mol. The summed E-state index contributed by atoms with van der Waals surface area (Å²) in [5.41, 5.74) is 0.954. The quantitative estimate of drug-likeness (QED) is 0.935. The Morgan fingerprint density at radius 2 is 2.37 bits per heavy atom. The Morgan fingerprint density at radius 1 is 1.47 bits per heavy atom. The molecule has 0 bridgehead atoms. The van der Waals surface area contributed by atoms with E-state index < -0.39 is 0 Å². The first-order chi connectivity index (χ1) is 8.83. The molecule has 0 spiro atoms. The summed E-state index contributed by atoms with van der Waals surface area (Å²) in [6, 6.07) is 6.20. The maximum atomic E-state index is 5.30. The number of nitrogens with one attached hydrogen (secondary N) is 1. The smallest absolute Gasteiger partial charge is 0.202 e. The molecule has 3 heterocycles. The lowest BCUT2D eigenvalue weighted by atomic mass is 10.2. The summed E-state index contributed by atoms with van der Waals surface area (Å²) in [4.78, 5) is 2.40. The highest BCUT2D eigenvalue weighted by Gasteiger charge is 2.19. The maximum Gasteiger partial charge on any atom is 0.202 e. The molecule has 19 heavy (non-hydrogen) atoms. The molecular formula is C13H18ClN3O2. The minimum Gasteiger partial charge on any atom is -0.461 e. The molecule has 3 rings (SSSR count). The van der Waals surface area contributed by atoms with Gasteiger partial charge < -0.3 is 14.3 Å². The van der Waals surface area contributed by atoms with E-state index in [4.69, 9.17) is 8.94 Å². The van der Waals surface area contributed by atoms with Crippen molar-refractivity contribution in [3.05, 3.63) is 30.2 Å². The van der Waals surface area contributed by atoms with Gasteiger partial charge in [-0.25, -0.2) is 0 Å². The number of rotatable bonds is 3. The third-order valence-electron chi connectivity index (χ3n) is 3.33. The molecule has 1 atom stereocenters. The molecule has 0 saturated carbocycles. The fourth-order valence-electron chi connectivity index (χ4n) is 2.25. The zero-order chi connectivity index (χ0) is 12.4. The Labute approximate surface area is 118 Å². The Kier molecular flexibility index (Phi) is 4.63. The summed E-state index contributed by atoms with van der Waals surface area (Å²) in [6.45, 7) is 6.16. The number of furan rings is 1. The van der Waals surface area contributed by atoms with E-state index >= 15 is 0 Å². The molecule has 0 aliphatic carbocycles. The van der Waals surface area contributed by atoms with Gasteiger partial charge in [0.2, 0.25) is 5.76 Å². The highest BCUT2D eigenvalue weighted by atomic mass is 35.5. The van der Waals surface area contributed by atoms with Crippen LogP contribution in [0.1, 0.15) is 12.6 Å². The van der Waals surface area contributed by atoms with Crippen LogP contribution in [0.25, 0.3) is 11.5 Å². The summed E-state index contributed by atoms with van der Waals surface area (Å²) < 4.78 is 10.6. The van der Waals surface area contributed by atoms with Crippen LogP contribution in [-0.4, -0.2) is 35.7 Å². The fraction of sp³-hybridized carbons (Fsp3) is 0.462. The van der Waals surface area contributed by atoms with Gasteiger partial charge >= 0.3 is 0 Å². The molecule has 1 aliphatic heterocycles. The van der Waals surface area contributed by atoms with Gasteiger partial charge in [0.25, 0.3) is 0 Å². The van der Waals surface area contributed by atoms with Gasteiger partial charge in [-0.05, 0) is 19.1 Å². The third-order valence-corrected chi connectivity index (χ3v) is 3.33. The lowest BCUT2D eigenvalue weighted by molar-refractivity contribution is 0.161. The van der Waals surface area contributed by atoms with Crippen LogP contribution in [-0.2, 0) is 6.54 Å². The van der Waals surface area contributed by atoms with E-state index in [0.29, 0.717) is 11.8 Å². The lowest BCUT2D eigenvalue weighted by Gasteiger charge is -2.33. The van der Waals surface area contributed by atoms with Crippen LogP contribution < -0.4 is 5.32 Å². The van der Waals surface area contributed by atoms with Gasteiger partial charge in [0.15, 0.2) is 5.76 Å². The molecule has 2 aromatic rings. The summed E-state index contributed by atoms with van der Waals surface area (Å²) in [5.74, 6) is 1.42. The van der Waals surface area contributed by atoms with Crippen molar-refractivity contribution < 1.29 is 8.94 Å². The second kappa shape index (κ2) is 6.23. The van der Waals surface area contributed by atoms with Crippen LogP contribution in [0.15, 0.2) is 33.4 Å². The minimum atomic E-state index is 0. The molecule has 1 aliphatic rings. The largest absolute Gasteiger partial charge is 0.461 e. The van der Waals surface area contributed by atoms with Crippen molar-refractivity contribution in [2.75, 3.05) is 19.6 Å². The van der Waals surface area contributed by atoms with Crippen molar-refractivity contribution in [2.24, 2.45) is 0 Å². The van der Waals surface area contributed by atoms with Crippen molar-refractivity contribution in [1.82, 2.24) is 15.4 Å². The van der Waals surface area contributed by atoms with Gasteiger partial charge in [0.05, 0.1) is 12.0 Å². The van der Waals surface area contributed by atoms with Crippen LogP contribution in [0, 0.1) is 0 Å². The third kappa shape index (κ3) is 3.18. The zero-order valence-electron chi connectivity index (χ0n) is 10.8. The van der Waals surface area contributed by atoms with Crippen molar-refractivity contribution in [2.45, 2.75) is 19.5 Å². The number of hydrogen-bond donors (Lipinski definition) is 1. The molecule has 0 aromatic carbocycles. The molecule has 0 amide bonds. The lowest BCUT2D eigenvalue weighted by Crippen LogP contribution is -2.49. The van der Waals surface area contributed by atoms with Crippen LogP contribution in [0.5, 0.6) is 0 Å². The van der Waals surface area contributed by atoms with E-state index in [2.05, 4.69) is 22.3 Å². The van der Waals surface area contributed by atoms with Gasteiger partial charge in [-0.2, -0.15) is 0 Å². The van der Waals surface area contributed by atoms with Gasteiger partial charge in [-0.15, -0.1) is 12.4 Å². The van der Waals surface area contributed by atoms with Crippen LogP contribution in [0.4, 0.5) is 0 Å². The summed E-state index contributed by atoms with van der Waals surface area (Å²) in [7, 11) is 0. The number of aromatic nitrogens is 1. The second-order valence-electron chi connectivity index (χ2n) is 4.68. The molecule has 0 unspecified atom stereocenters. The minimum absolute atomic E-state index is 0. The summed E-state index contributed by atoms with van der Waals surface area (Å²) in [5, 5.41) is 7.48. The number of piperazine rings is 1. The van der Waals surface area contributed by atoms with E-state index in [1.165, 1.54) is 0 Å². The first-order valence-electron chi connectivity index (χ1n) is 6.27. The van der Waals surface area contributed by atoms with E-state index in [9.17, 15) is 0 Å². The van der Waals surface area contributed by atoms with Crippen molar-refractivity contribution >= 4 is 12.4 Å². The Bertz CT molecular complexity index is 498. The van der Waals surface area contributed by atoms with Gasteiger partial charge in [-0.3, -0.25) is 4.90 Å². The van der Waals surface area contributed by atoms with Crippen LogP contribution in [0.2, 0.25) is 0 Å². The summed E-state index contributed by atoms with van der Waals surface area (Å²) >= 11 is 0. The summed E-state index contributed by atoms with van der Waals surface area (Å²) in [6.07, 6.45) is 1.63. The zero-order valence-corrected chi connectivity index (χ0v) is 11.7. The average molecular weight is 284 g/mol. The maximum absolute atomic E-state index is 5.30. The predicted octanol–water partition coefficient (Wildman–Crippen LogP) is 2.15. The first kappa shape index (κ1) is 14.1. The Hall–Kier alpha value is -1.30. The number of nitrogens with zero attached hydrogens (tertiary/aromatic N) is 2. The topological polar surface area (TPSA) is 54.4 Å². The molecule has 1 N–H and O–H groups in total. The highest BCUT2D eigenvalue weighted by Crippen LogP contribution is 2.21. The van der Waals surface area contributed by atoms with E-state index in [-0.39, 0.29) is 12.4 Å². The van der Waals surface area contributed by atoms with Crippen molar-refractivity contribution in [3.8, 4) is 11.5 Å². The van der Waals surface area contributed by atoms with E-state index in [1.54, 1.807) is 6.26 Å². The van der Waals surface area contributed by atoms with E-state index in [1.807, 2.05) is 18.2 Å². The number of hydrogen-bond acceptors (Lipinski definition) is 5. The molecule has 0 radical (unpaired) electrons. The van der Waals surface area contributed by atoms with Crippen molar-refractivity contribution in [1.29, 1.82) is 0 Å². The molecule has 6 heteroatoms. The Balaban J connectivity index is 0.00000133.